The van der Waals surface area contributed by atoms with Crippen molar-refractivity contribution in [3.05, 3.63) is 0 Å². The van der Waals surface area contributed by atoms with Crippen LogP contribution in [-0.2, 0) is 38.7 Å². The van der Waals surface area contributed by atoms with E-state index in [-0.39, 0.29) is 19.4 Å². The van der Waals surface area contributed by atoms with E-state index >= 15 is 0 Å². The van der Waals surface area contributed by atoms with E-state index in [0.717, 1.165) is 38.5 Å². The Morgan fingerprint density at radius 3 is 1.12 bits per heavy atom. The minimum Gasteiger partial charge on any atom is -0.462 e. The molecule has 0 saturated carbocycles. The second-order valence-electron chi connectivity index (χ2n) is 19.3. The normalized spacial score (nSPS) is 19.4. The molecule has 1 heterocycles. The summed E-state index contributed by atoms with van der Waals surface area (Å²) in [4.78, 5) is 25.5. The van der Waals surface area contributed by atoms with Crippen LogP contribution in [0.3, 0.4) is 0 Å². The Labute approximate surface area is 397 Å². The van der Waals surface area contributed by atoms with Crippen molar-refractivity contribution in [2.45, 2.75) is 301 Å². The molecule has 0 bridgehead atoms. The zero-order chi connectivity index (χ0) is 47.6. The Kier molecular flexibility index (Phi) is 40.5. The first kappa shape index (κ1) is 61.7. The molecule has 1 aliphatic rings. The van der Waals surface area contributed by atoms with E-state index in [1.54, 1.807) is 0 Å². The summed E-state index contributed by atoms with van der Waals surface area (Å²) in [6.45, 7) is 3.82. The number of aliphatic hydroxyl groups excluding tert-OH is 3. The lowest BCUT2D eigenvalue weighted by Gasteiger charge is -2.40. The Hall–Kier alpha value is -1.35. The van der Waals surface area contributed by atoms with Gasteiger partial charge in [0.25, 0.3) is 10.1 Å². The van der Waals surface area contributed by atoms with Crippen LogP contribution < -0.4 is 0 Å². The minimum absolute atomic E-state index is 0.173. The highest BCUT2D eigenvalue weighted by molar-refractivity contribution is 7.85. The first-order valence-corrected chi connectivity index (χ1v) is 28.7. The summed E-state index contributed by atoms with van der Waals surface area (Å²) >= 11 is 0. The van der Waals surface area contributed by atoms with Crippen LogP contribution in [0.4, 0.5) is 0 Å². The molecule has 4 N–H and O–H groups in total. The highest BCUT2D eigenvalue weighted by Crippen LogP contribution is 2.24. The first-order valence-electron chi connectivity index (χ1n) is 27.1. The van der Waals surface area contributed by atoms with E-state index in [2.05, 4.69) is 13.8 Å². The zero-order valence-corrected chi connectivity index (χ0v) is 42.4. The summed E-state index contributed by atoms with van der Waals surface area (Å²) in [6, 6.07) is 0. The van der Waals surface area contributed by atoms with Gasteiger partial charge in [0, 0.05) is 12.8 Å². The van der Waals surface area contributed by atoms with Crippen LogP contribution in [0.2, 0.25) is 0 Å². The number of aliphatic hydroxyl groups is 3. The maximum atomic E-state index is 12.9. The van der Waals surface area contributed by atoms with Gasteiger partial charge in [0.05, 0.1) is 6.61 Å². The fourth-order valence-corrected chi connectivity index (χ4v) is 9.43. The molecule has 13 heteroatoms. The maximum absolute atomic E-state index is 12.9. The predicted molar refractivity (Wildman–Crippen MR) is 261 cm³/mol. The van der Waals surface area contributed by atoms with Gasteiger partial charge in [-0.05, 0) is 12.8 Å². The zero-order valence-electron chi connectivity index (χ0n) is 41.6. The van der Waals surface area contributed by atoms with Crippen LogP contribution in [0, 0.1) is 0 Å². The highest BCUT2D eigenvalue weighted by Gasteiger charge is 2.46. The molecule has 6 atom stereocenters. The molecule has 0 aromatic rings. The Bertz CT molecular complexity index is 1200. The van der Waals surface area contributed by atoms with Crippen molar-refractivity contribution in [2.75, 3.05) is 19.0 Å². The Morgan fingerprint density at radius 1 is 0.462 bits per heavy atom. The number of unbranched alkanes of at least 4 members (excludes halogenated alkanes) is 35. The third-order valence-electron chi connectivity index (χ3n) is 12.9. The molecule has 0 aromatic carbocycles. The Balaban J connectivity index is 2.30. The number of carbonyl (C=O) groups excluding carboxylic acids is 2. The van der Waals surface area contributed by atoms with Crippen molar-refractivity contribution in [2.24, 2.45) is 0 Å². The van der Waals surface area contributed by atoms with Crippen LogP contribution in [-0.4, -0.2) is 96.0 Å². The monoisotopic (exact) mass is 949 g/mol. The molecule has 1 rings (SSSR count). The largest absolute Gasteiger partial charge is 0.462 e. The fraction of sp³-hybridized carbons (Fsp3) is 0.962. The molecule has 6 unspecified atom stereocenters. The fourth-order valence-electron chi connectivity index (χ4n) is 8.74. The third kappa shape index (κ3) is 37.3. The van der Waals surface area contributed by atoms with Crippen molar-refractivity contribution in [3.8, 4) is 0 Å². The molecule has 65 heavy (non-hydrogen) atoms. The highest BCUT2D eigenvalue weighted by atomic mass is 32.2. The topological polar surface area (TPSA) is 186 Å². The van der Waals surface area contributed by atoms with Crippen molar-refractivity contribution < 1.29 is 56.8 Å². The summed E-state index contributed by atoms with van der Waals surface area (Å²) in [6.07, 6.45) is 37.2. The summed E-state index contributed by atoms with van der Waals surface area (Å²) in [5.74, 6) is -1.96. The van der Waals surface area contributed by atoms with Gasteiger partial charge in [0.2, 0.25) is 0 Å². The quantitative estimate of drug-likeness (QED) is 0.0257. The van der Waals surface area contributed by atoms with Gasteiger partial charge in [-0.25, -0.2) is 0 Å². The molecule has 12 nitrogen and oxygen atoms in total. The summed E-state index contributed by atoms with van der Waals surface area (Å²) in [5.41, 5.74) is 0. The van der Waals surface area contributed by atoms with E-state index in [9.17, 15) is 37.9 Å². The smallest absolute Gasteiger partial charge is 0.306 e. The first-order chi connectivity index (χ1) is 31.5. The summed E-state index contributed by atoms with van der Waals surface area (Å²) < 4.78 is 54.3. The number of hydrogen-bond donors (Lipinski definition) is 4. The minimum atomic E-state index is -4.60. The second-order valence-corrected chi connectivity index (χ2v) is 20.8. The lowest BCUT2D eigenvalue weighted by atomic mass is 10.00. The second kappa shape index (κ2) is 42.7. The van der Waals surface area contributed by atoms with E-state index in [4.69, 9.17) is 18.9 Å². The molecular weight excluding hydrogens is 849 g/mol. The summed E-state index contributed by atoms with van der Waals surface area (Å²) in [5, 5.41) is 31.0. The standard InChI is InChI=1S/C52H100O12S/c1-3-5-7-9-11-13-15-17-19-20-21-22-23-24-25-26-27-29-31-33-35-37-39-41-48(54)63-45(43-62-52-51(57)50(56)49(55)46(64-52)44-65(58,59)60)42-61-47(53)40-38-36-34-32-30-28-18-16-14-12-10-8-6-4-2/h45-46,49-52,55-57H,3-44H2,1-2H3,(H,58,59,60). The number of esters is 2. The van der Waals surface area contributed by atoms with Crippen LogP contribution in [0.5, 0.6) is 0 Å². The van der Waals surface area contributed by atoms with Crippen LogP contribution in [0.25, 0.3) is 0 Å². The molecule has 0 aromatic heterocycles. The lowest BCUT2D eigenvalue weighted by molar-refractivity contribution is -0.297. The van der Waals surface area contributed by atoms with Gasteiger partial charge in [-0.1, -0.05) is 239 Å². The van der Waals surface area contributed by atoms with Gasteiger partial charge in [-0.15, -0.1) is 0 Å². The number of ether oxygens (including phenoxy) is 4. The molecule has 1 fully saturated rings. The lowest BCUT2D eigenvalue weighted by Crippen LogP contribution is -2.60. The average Bonchev–Trinajstić information content (AvgIpc) is 3.27. The van der Waals surface area contributed by atoms with Gasteiger partial charge >= 0.3 is 11.9 Å². The van der Waals surface area contributed by atoms with Crippen molar-refractivity contribution >= 4 is 22.1 Å². The molecule has 0 amide bonds. The Morgan fingerprint density at radius 2 is 0.785 bits per heavy atom. The van der Waals surface area contributed by atoms with E-state index < -0.39 is 71.2 Å². The number of carbonyl (C=O) groups is 2. The molecule has 1 saturated heterocycles. The van der Waals surface area contributed by atoms with Gasteiger partial charge in [0.1, 0.15) is 36.8 Å². The number of rotatable bonds is 47. The third-order valence-corrected chi connectivity index (χ3v) is 13.7. The molecule has 0 aliphatic carbocycles. The number of hydrogen-bond acceptors (Lipinski definition) is 11. The van der Waals surface area contributed by atoms with E-state index in [1.165, 1.54) is 186 Å². The molecule has 1 aliphatic heterocycles. The molecule has 0 radical (unpaired) electrons. The molecule has 0 spiro atoms. The van der Waals surface area contributed by atoms with E-state index in [1.807, 2.05) is 0 Å². The van der Waals surface area contributed by atoms with Gasteiger partial charge in [-0.3, -0.25) is 14.1 Å². The average molecular weight is 949 g/mol. The molecule has 386 valence electrons. The predicted octanol–water partition coefficient (Wildman–Crippen LogP) is 12.4. The molecular formula is C52H100O12S. The van der Waals surface area contributed by atoms with Crippen LogP contribution in [0.1, 0.15) is 264 Å². The SMILES string of the molecule is CCCCCCCCCCCCCCCCCCCCCCCCCC(=O)OC(COC(=O)CCCCCCCCCCCCCCCC)COC1OC(CS(=O)(=O)O)C(O)C(O)C1O. The van der Waals surface area contributed by atoms with Crippen LogP contribution >= 0.6 is 0 Å². The van der Waals surface area contributed by atoms with Gasteiger partial charge in [0.15, 0.2) is 12.4 Å². The van der Waals surface area contributed by atoms with Crippen molar-refractivity contribution in [3.63, 3.8) is 0 Å². The van der Waals surface area contributed by atoms with Crippen molar-refractivity contribution in [1.29, 1.82) is 0 Å². The maximum Gasteiger partial charge on any atom is 0.306 e. The summed E-state index contributed by atoms with van der Waals surface area (Å²) in [7, 11) is -4.60. The van der Waals surface area contributed by atoms with Gasteiger partial charge in [-0.2, -0.15) is 8.42 Å². The van der Waals surface area contributed by atoms with Crippen LogP contribution in [0.15, 0.2) is 0 Å². The van der Waals surface area contributed by atoms with Gasteiger partial charge < -0.3 is 34.3 Å². The van der Waals surface area contributed by atoms with Crippen molar-refractivity contribution in [1.82, 2.24) is 0 Å². The van der Waals surface area contributed by atoms with E-state index in [0.29, 0.717) is 12.8 Å².